The van der Waals surface area contributed by atoms with Crippen LogP contribution < -0.4 is 5.32 Å². The number of pyridine rings is 1. The van der Waals surface area contributed by atoms with E-state index in [-0.39, 0.29) is 11.3 Å². The maximum atomic E-state index is 14.0. The number of hydrogen-bond acceptors (Lipinski definition) is 5. The molecular weight excluding hydrogens is 358 g/mol. The molecule has 2 aromatic heterocycles. The summed E-state index contributed by atoms with van der Waals surface area (Å²) in [5, 5.41) is 6.50. The second-order valence-electron chi connectivity index (χ2n) is 5.50. The first kappa shape index (κ1) is 18.2. The number of rotatable bonds is 4. The fourth-order valence-corrected chi connectivity index (χ4v) is 2.48. The monoisotopic (exact) mass is 372 g/mol. The molecule has 1 amide bonds. The van der Waals surface area contributed by atoms with Crippen molar-refractivity contribution >= 4 is 17.6 Å². The number of nitrogens with one attached hydrogen (secondary N) is 1. The van der Waals surface area contributed by atoms with Gasteiger partial charge in [0.1, 0.15) is 17.2 Å². The number of benzene rings is 1. The van der Waals surface area contributed by atoms with E-state index < -0.39 is 29.1 Å². The zero-order chi connectivity index (χ0) is 19.6. The van der Waals surface area contributed by atoms with Crippen molar-refractivity contribution in [2.45, 2.75) is 6.92 Å². The van der Waals surface area contributed by atoms with Gasteiger partial charge in [-0.1, -0.05) is 6.07 Å². The van der Waals surface area contributed by atoms with Gasteiger partial charge in [0, 0.05) is 11.9 Å². The largest absolute Gasteiger partial charge is 0.465 e. The molecule has 1 aromatic carbocycles. The van der Waals surface area contributed by atoms with Crippen molar-refractivity contribution in [2.24, 2.45) is 0 Å². The summed E-state index contributed by atoms with van der Waals surface area (Å²) in [5.74, 6) is -3.51. The minimum Gasteiger partial charge on any atom is -0.465 e. The van der Waals surface area contributed by atoms with Crippen molar-refractivity contribution in [3.05, 3.63) is 71.2 Å². The molecule has 0 aliphatic carbocycles. The third kappa shape index (κ3) is 3.52. The van der Waals surface area contributed by atoms with Crippen LogP contribution in [0.1, 0.15) is 26.4 Å². The van der Waals surface area contributed by atoms with Crippen molar-refractivity contribution in [1.82, 2.24) is 14.8 Å². The Bertz CT molecular complexity index is 996. The van der Waals surface area contributed by atoms with Crippen LogP contribution >= 0.6 is 0 Å². The number of nitrogens with zero attached hydrogens (tertiary/aromatic N) is 3. The molecule has 3 rings (SSSR count). The van der Waals surface area contributed by atoms with Crippen LogP contribution in [-0.2, 0) is 4.74 Å². The Hall–Kier alpha value is -3.62. The van der Waals surface area contributed by atoms with Crippen molar-refractivity contribution < 1.29 is 23.1 Å². The Morgan fingerprint density at radius 2 is 1.89 bits per heavy atom. The number of halogens is 2. The fourth-order valence-electron chi connectivity index (χ4n) is 2.48. The summed E-state index contributed by atoms with van der Waals surface area (Å²) in [7, 11) is 1.01. The summed E-state index contributed by atoms with van der Waals surface area (Å²) in [6, 6.07) is 6.92. The quantitative estimate of drug-likeness (QED) is 0.712. The number of esters is 1. The number of ether oxygens (including phenoxy) is 1. The molecule has 7 nitrogen and oxygen atoms in total. The van der Waals surface area contributed by atoms with E-state index in [0.717, 1.165) is 19.2 Å². The van der Waals surface area contributed by atoms with E-state index in [1.807, 2.05) is 0 Å². The van der Waals surface area contributed by atoms with Crippen molar-refractivity contribution in [3.8, 4) is 5.82 Å². The number of carbonyl (C=O) groups excluding carboxylic acids is 2. The third-order valence-corrected chi connectivity index (χ3v) is 3.81. The number of amides is 1. The first-order valence-electron chi connectivity index (χ1n) is 7.77. The molecule has 138 valence electrons. The van der Waals surface area contributed by atoms with Gasteiger partial charge in [0.2, 0.25) is 0 Å². The highest BCUT2D eigenvalue weighted by atomic mass is 19.1. The molecule has 9 heteroatoms. The maximum absolute atomic E-state index is 14.0. The maximum Gasteiger partial charge on any atom is 0.343 e. The Morgan fingerprint density at radius 1 is 1.19 bits per heavy atom. The molecule has 0 fully saturated rings. The first-order chi connectivity index (χ1) is 12.9. The Morgan fingerprint density at radius 3 is 2.48 bits per heavy atom. The average Bonchev–Trinajstić information content (AvgIpc) is 3.03. The Balaban J connectivity index is 1.87. The van der Waals surface area contributed by atoms with Crippen molar-refractivity contribution in [3.63, 3.8) is 0 Å². The SMILES string of the molecule is COC(=O)c1c(F)cc(NC(=O)c2cnn(-c3ccccn3)c2C)cc1F. The van der Waals surface area contributed by atoms with Crippen molar-refractivity contribution in [2.75, 3.05) is 12.4 Å². The van der Waals surface area contributed by atoms with Gasteiger partial charge in [-0.05, 0) is 31.2 Å². The molecule has 3 aromatic rings. The number of carbonyl (C=O) groups is 2. The minimum absolute atomic E-state index is 0.146. The van der Waals surface area contributed by atoms with Crippen LogP contribution in [0.2, 0.25) is 0 Å². The van der Waals surface area contributed by atoms with Crippen LogP contribution in [0.5, 0.6) is 0 Å². The molecule has 27 heavy (non-hydrogen) atoms. The molecule has 0 aliphatic heterocycles. The molecule has 0 spiro atoms. The van der Waals surface area contributed by atoms with Crippen LogP contribution in [0.3, 0.4) is 0 Å². The van der Waals surface area contributed by atoms with Gasteiger partial charge < -0.3 is 10.1 Å². The average molecular weight is 372 g/mol. The molecule has 2 heterocycles. The number of anilines is 1. The zero-order valence-electron chi connectivity index (χ0n) is 14.4. The standard InChI is InChI=1S/C18H14F2N4O3/c1-10-12(9-22-24(10)15-5-3-4-6-21-15)17(25)23-11-7-13(19)16(14(20)8-11)18(26)27-2/h3-9H,1-2H3,(H,23,25). The van der Waals surface area contributed by atoms with Gasteiger partial charge in [-0.3, -0.25) is 4.79 Å². The molecule has 0 atom stereocenters. The van der Waals surface area contributed by atoms with E-state index in [4.69, 9.17) is 0 Å². The van der Waals surface area contributed by atoms with Gasteiger partial charge in [0.15, 0.2) is 5.82 Å². The van der Waals surface area contributed by atoms with Crippen LogP contribution in [-0.4, -0.2) is 33.8 Å². The van der Waals surface area contributed by atoms with Crippen LogP contribution in [0, 0.1) is 18.6 Å². The molecule has 1 N–H and O–H groups in total. The lowest BCUT2D eigenvalue weighted by Gasteiger charge is -2.09. The lowest BCUT2D eigenvalue weighted by Crippen LogP contribution is -2.15. The molecule has 0 bridgehead atoms. The Labute approximate surface area is 152 Å². The highest BCUT2D eigenvalue weighted by Gasteiger charge is 2.21. The fraction of sp³-hybridized carbons (Fsp3) is 0.111. The van der Waals surface area contributed by atoms with Gasteiger partial charge in [0.05, 0.1) is 24.6 Å². The summed E-state index contributed by atoms with van der Waals surface area (Å²) in [5.41, 5.74) is -0.265. The summed E-state index contributed by atoms with van der Waals surface area (Å²) in [4.78, 5) is 28.0. The molecule has 0 aliphatic rings. The summed E-state index contributed by atoms with van der Waals surface area (Å²) in [6.07, 6.45) is 2.92. The molecule has 0 unspecified atom stereocenters. The normalized spacial score (nSPS) is 10.5. The lowest BCUT2D eigenvalue weighted by molar-refractivity contribution is 0.0590. The van der Waals surface area contributed by atoms with Crippen molar-refractivity contribution in [1.29, 1.82) is 0 Å². The zero-order valence-corrected chi connectivity index (χ0v) is 14.4. The van der Waals surface area contributed by atoms with Gasteiger partial charge in [-0.2, -0.15) is 5.10 Å². The van der Waals surface area contributed by atoms with Gasteiger partial charge in [-0.15, -0.1) is 0 Å². The number of methoxy groups -OCH3 is 1. The van der Waals surface area contributed by atoms with Gasteiger partial charge in [-0.25, -0.2) is 23.2 Å². The number of hydrogen-bond donors (Lipinski definition) is 1. The minimum atomic E-state index is -1.14. The van der Waals surface area contributed by atoms with E-state index in [1.165, 1.54) is 10.9 Å². The number of aromatic nitrogens is 3. The molecule has 0 saturated heterocycles. The molecular formula is C18H14F2N4O3. The highest BCUT2D eigenvalue weighted by molar-refractivity contribution is 6.05. The third-order valence-electron chi connectivity index (χ3n) is 3.81. The van der Waals surface area contributed by atoms with E-state index in [2.05, 4.69) is 20.1 Å². The first-order valence-corrected chi connectivity index (χ1v) is 7.77. The highest BCUT2D eigenvalue weighted by Crippen LogP contribution is 2.21. The lowest BCUT2D eigenvalue weighted by atomic mass is 10.1. The summed E-state index contributed by atoms with van der Waals surface area (Å²) < 4.78 is 33.8. The van der Waals surface area contributed by atoms with Crippen LogP contribution in [0.4, 0.5) is 14.5 Å². The smallest absolute Gasteiger partial charge is 0.343 e. The van der Waals surface area contributed by atoms with E-state index in [1.54, 1.807) is 31.3 Å². The summed E-state index contributed by atoms with van der Waals surface area (Å²) >= 11 is 0. The second kappa shape index (κ2) is 7.32. The van der Waals surface area contributed by atoms with E-state index in [0.29, 0.717) is 11.5 Å². The predicted octanol–water partition coefficient (Wildman–Crippen LogP) is 2.89. The van der Waals surface area contributed by atoms with E-state index >= 15 is 0 Å². The molecule has 0 radical (unpaired) electrons. The van der Waals surface area contributed by atoms with Crippen LogP contribution in [0.25, 0.3) is 5.82 Å². The summed E-state index contributed by atoms with van der Waals surface area (Å²) in [6.45, 7) is 1.66. The molecule has 0 saturated carbocycles. The van der Waals surface area contributed by atoms with Crippen LogP contribution in [0.15, 0.2) is 42.7 Å². The van der Waals surface area contributed by atoms with Gasteiger partial charge in [0.25, 0.3) is 5.91 Å². The topological polar surface area (TPSA) is 86.1 Å². The predicted molar refractivity (Wildman–Crippen MR) is 91.7 cm³/mol. The Kier molecular flexibility index (Phi) is 4.93. The van der Waals surface area contributed by atoms with Gasteiger partial charge >= 0.3 is 5.97 Å². The second-order valence-corrected chi connectivity index (χ2v) is 5.50. The van der Waals surface area contributed by atoms with E-state index in [9.17, 15) is 18.4 Å².